The molecule has 1 aromatic carbocycles. The molecule has 0 spiro atoms. The fourth-order valence-electron chi connectivity index (χ4n) is 2.53. The van der Waals surface area contributed by atoms with Crippen LogP contribution in [0.1, 0.15) is 23.6 Å². The van der Waals surface area contributed by atoms with Crippen molar-refractivity contribution < 1.29 is 4.39 Å². The van der Waals surface area contributed by atoms with Crippen LogP contribution in [0.4, 0.5) is 4.39 Å². The molecule has 2 N–H and O–H groups in total. The Morgan fingerprint density at radius 3 is 2.78 bits per heavy atom. The predicted octanol–water partition coefficient (Wildman–Crippen LogP) is 2.97. The fourth-order valence-corrected chi connectivity index (χ4v) is 2.53. The van der Waals surface area contributed by atoms with Crippen molar-refractivity contribution in [1.82, 2.24) is 25.4 Å². The van der Waals surface area contributed by atoms with Crippen LogP contribution < -0.4 is 10.6 Å². The van der Waals surface area contributed by atoms with E-state index in [1.54, 1.807) is 30.1 Å². The summed E-state index contributed by atoms with van der Waals surface area (Å²) in [5.74, 6) is 1.23. The van der Waals surface area contributed by atoms with Crippen molar-refractivity contribution in [3.63, 3.8) is 0 Å². The second-order valence-corrected chi connectivity index (χ2v) is 6.11. The molecule has 3 aromatic rings. The van der Waals surface area contributed by atoms with Gasteiger partial charge in [-0.25, -0.2) is 19.0 Å². The highest BCUT2D eigenvalue weighted by molar-refractivity contribution is 5.79. The summed E-state index contributed by atoms with van der Waals surface area (Å²) in [7, 11) is 0. The van der Waals surface area contributed by atoms with Gasteiger partial charge in [0.05, 0.1) is 6.54 Å². The number of aromatic nitrogens is 3. The maximum Gasteiger partial charge on any atom is 0.191 e. The van der Waals surface area contributed by atoms with Crippen LogP contribution in [0, 0.1) is 12.7 Å². The van der Waals surface area contributed by atoms with E-state index in [1.807, 2.05) is 37.4 Å². The Morgan fingerprint density at radius 2 is 2.04 bits per heavy atom. The van der Waals surface area contributed by atoms with E-state index in [2.05, 4.69) is 25.7 Å². The molecule has 2 aromatic heterocycles. The third-order valence-corrected chi connectivity index (χ3v) is 4.01. The molecule has 0 radical (unpaired) electrons. The molecule has 2 heterocycles. The van der Waals surface area contributed by atoms with Gasteiger partial charge in [0.25, 0.3) is 0 Å². The zero-order valence-corrected chi connectivity index (χ0v) is 15.5. The lowest BCUT2D eigenvalue weighted by Gasteiger charge is -2.12. The van der Waals surface area contributed by atoms with Gasteiger partial charge in [0.2, 0.25) is 0 Å². The number of nitrogens with zero attached hydrogens (tertiary/aromatic N) is 4. The highest BCUT2D eigenvalue weighted by Crippen LogP contribution is 2.10. The maximum absolute atomic E-state index is 13.7. The third-order valence-electron chi connectivity index (χ3n) is 4.01. The van der Waals surface area contributed by atoms with Crippen LogP contribution in [0.3, 0.4) is 0 Å². The monoisotopic (exact) mass is 366 g/mol. The van der Waals surface area contributed by atoms with Crippen molar-refractivity contribution in [3.8, 4) is 5.82 Å². The number of guanidine groups is 1. The average molecular weight is 366 g/mol. The summed E-state index contributed by atoms with van der Waals surface area (Å²) in [4.78, 5) is 8.86. The zero-order valence-electron chi connectivity index (χ0n) is 15.5. The molecule has 0 saturated carbocycles. The molecule has 0 bridgehead atoms. The normalized spacial score (nSPS) is 11.4. The van der Waals surface area contributed by atoms with Crippen molar-refractivity contribution in [2.24, 2.45) is 4.99 Å². The van der Waals surface area contributed by atoms with E-state index >= 15 is 0 Å². The van der Waals surface area contributed by atoms with Crippen LogP contribution in [0.5, 0.6) is 0 Å². The van der Waals surface area contributed by atoms with Gasteiger partial charge in [-0.1, -0.05) is 12.1 Å². The van der Waals surface area contributed by atoms with Gasteiger partial charge in [0.1, 0.15) is 5.82 Å². The summed E-state index contributed by atoms with van der Waals surface area (Å²) < 4.78 is 15.4. The van der Waals surface area contributed by atoms with Gasteiger partial charge >= 0.3 is 0 Å². The molecule has 0 fully saturated rings. The standard InChI is InChI=1S/C20H23FN6/c1-3-22-20(24-13-16-6-5-15(2)18(21)11-16)25-14-17-7-9-23-19(12-17)27-10-4-8-26-27/h4-12H,3,13-14H2,1-2H3,(H2,22,24,25). The topological polar surface area (TPSA) is 67.1 Å². The van der Waals surface area contributed by atoms with E-state index in [4.69, 9.17) is 0 Å². The lowest BCUT2D eigenvalue weighted by molar-refractivity contribution is 0.616. The second kappa shape index (κ2) is 8.93. The number of halogens is 1. The molecule has 0 atom stereocenters. The lowest BCUT2D eigenvalue weighted by atomic mass is 10.1. The summed E-state index contributed by atoms with van der Waals surface area (Å²) >= 11 is 0. The minimum Gasteiger partial charge on any atom is -0.357 e. The number of rotatable bonds is 6. The molecule has 0 aliphatic carbocycles. The summed E-state index contributed by atoms with van der Waals surface area (Å²) in [5, 5.41) is 10.7. The minimum absolute atomic E-state index is 0.205. The van der Waals surface area contributed by atoms with E-state index in [0.717, 1.165) is 23.5 Å². The number of pyridine rings is 1. The van der Waals surface area contributed by atoms with E-state index in [0.29, 0.717) is 24.6 Å². The largest absolute Gasteiger partial charge is 0.357 e. The highest BCUT2D eigenvalue weighted by atomic mass is 19.1. The van der Waals surface area contributed by atoms with Gasteiger partial charge in [0.15, 0.2) is 11.8 Å². The number of aryl methyl sites for hydroxylation is 1. The molecule has 0 amide bonds. The first-order valence-electron chi connectivity index (χ1n) is 8.88. The fraction of sp³-hybridized carbons (Fsp3) is 0.250. The van der Waals surface area contributed by atoms with Gasteiger partial charge in [-0.15, -0.1) is 0 Å². The van der Waals surface area contributed by atoms with Crippen LogP contribution in [-0.2, 0) is 13.1 Å². The molecule has 27 heavy (non-hydrogen) atoms. The number of aliphatic imine (C=N–C) groups is 1. The van der Waals surface area contributed by atoms with Gasteiger partial charge in [-0.2, -0.15) is 5.10 Å². The van der Waals surface area contributed by atoms with Crippen molar-refractivity contribution in [2.45, 2.75) is 26.9 Å². The summed E-state index contributed by atoms with van der Waals surface area (Å²) in [5.41, 5.74) is 2.53. The number of nitrogens with one attached hydrogen (secondary N) is 2. The number of hydrogen-bond acceptors (Lipinski definition) is 3. The van der Waals surface area contributed by atoms with Crippen LogP contribution in [0.2, 0.25) is 0 Å². The van der Waals surface area contributed by atoms with Crippen LogP contribution in [0.25, 0.3) is 5.82 Å². The Labute approximate surface area is 158 Å². The van der Waals surface area contributed by atoms with Crippen LogP contribution in [-0.4, -0.2) is 27.3 Å². The van der Waals surface area contributed by atoms with Crippen LogP contribution in [0.15, 0.2) is 60.0 Å². The van der Waals surface area contributed by atoms with Gasteiger partial charge in [-0.05, 0) is 54.8 Å². The molecule has 6 nitrogen and oxygen atoms in total. The summed E-state index contributed by atoms with van der Waals surface area (Å²) in [6, 6.07) is 11.0. The molecular weight excluding hydrogens is 343 g/mol. The lowest BCUT2D eigenvalue weighted by Crippen LogP contribution is -2.36. The van der Waals surface area contributed by atoms with Crippen molar-refractivity contribution >= 4 is 5.96 Å². The highest BCUT2D eigenvalue weighted by Gasteiger charge is 2.03. The Kier molecular flexibility index (Phi) is 6.14. The molecule has 3 rings (SSSR count). The molecular formula is C20H23FN6. The molecule has 0 aliphatic heterocycles. The van der Waals surface area contributed by atoms with Crippen molar-refractivity contribution in [2.75, 3.05) is 6.54 Å². The smallest absolute Gasteiger partial charge is 0.191 e. The Hall–Kier alpha value is -3.22. The van der Waals surface area contributed by atoms with E-state index < -0.39 is 0 Å². The zero-order chi connectivity index (χ0) is 19.1. The molecule has 0 saturated heterocycles. The molecule has 7 heteroatoms. The molecule has 0 unspecified atom stereocenters. The first-order valence-corrected chi connectivity index (χ1v) is 8.88. The Bertz CT molecular complexity index is 905. The van der Waals surface area contributed by atoms with E-state index in [-0.39, 0.29) is 5.82 Å². The number of hydrogen-bond donors (Lipinski definition) is 2. The average Bonchev–Trinajstić information content (AvgIpc) is 3.22. The Balaban J connectivity index is 1.65. The van der Waals surface area contributed by atoms with Crippen LogP contribution >= 0.6 is 0 Å². The van der Waals surface area contributed by atoms with E-state index in [9.17, 15) is 4.39 Å². The van der Waals surface area contributed by atoms with Gasteiger partial charge in [-0.3, -0.25) is 0 Å². The number of benzene rings is 1. The second-order valence-electron chi connectivity index (χ2n) is 6.11. The van der Waals surface area contributed by atoms with Gasteiger partial charge in [0, 0.05) is 31.7 Å². The first kappa shape index (κ1) is 18.6. The summed E-state index contributed by atoms with van der Waals surface area (Å²) in [6.45, 7) is 5.49. The molecule has 140 valence electrons. The molecule has 0 aliphatic rings. The quantitative estimate of drug-likeness (QED) is 0.520. The minimum atomic E-state index is -0.205. The predicted molar refractivity (Wildman–Crippen MR) is 104 cm³/mol. The van der Waals surface area contributed by atoms with Crippen molar-refractivity contribution in [3.05, 3.63) is 77.5 Å². The Morgan fingerprint density at radius 1 is 1.15 bits per heavy atom. The van der Waals surface area contributed by atoms with Crippen molar-refractivity contribution in [1.29, 1.82) is 0 Å². The SMILES string of the molecule is CCNC(=NCc1ccc(C)c(F)c1)NCc1ccnc(-n2cccn2)c1. The first-order chi connectivity index (χ1) is 13.2. The third kappa shape index (κ3) is 5.13. The van der Waals surface area contributed by atoms with Gasteiger partial charge < -0.3 is 10.6 Å². The maximum atomic E-state index is 13.7. The van der Waals surface area contributed by atoms with E-state index in [1.165, 1.54) is 6.07 Å². The summed E-state index contributed by atoms with van der Waals surface area (Å²) in [6.07, 6.45) is 5.33.